The fourth-order valence-electron chi connectivity index (χ4n) is 0.931. The molecule has 0 unspecified atom stereocenters. The molecule has 0 bridgehead atoms. The summed E-state index contributed by atoms with van der Waals surface area (Å²) >= 11 is 4.25. The summed E-state index contributed by atoms with van der Waals surface area (Å²) in [7, 11) is 0. The number of thioether (sulfide) groups is 1. The van der Waals surface area contributed by atoms with Crippen molar-refractivity contribution >= 4 is 38.8 Å². The Morgan fingerprint density at radius 3 is 2.75 bits per heavy atom. The highest BCUT2D eigenvalue weighted by Crippen LogP contribution is 2.20. The minimum absolute atomic E-state index is 0.0282. The van der Waals surface area contributed by atoms with Crippen LogP contribution in [0.5, 0.6) is 0 Å². The first-order valence-corrected chi connectivity index (χ1v) is 6.02. The normalized spacial score (nSPS) is 9.88. The van der Waals surface area contributed by atoms with Gasteiger partial charge >= 0.3 is 0 Å². The van der Waals surface area contributed by atoms with Gasteiger partial charge in [-0.25, -0.2) is 4.39 Å². The molecule has 16 heavy (non-hydrogen) atoms. The first-order chi connectivity index (χ1) is 7.49. The molecule has 1 aromatic rings. The van der Waals surface area contributed by atoms with Gasteiger partial charge in [-0.05, 0) is 33.6 Å². The minimum atomic E-state index is -0.312. The van der Waals surface area contributed by atoms with Gasteiger partial charge in [0.15, 0.2) is 11.1 Å². The number of guanidine groups is 1. The number of amidine groups is 1. The van der Waals surface area contributed by atoms with E-state index in [0.29, 0.717) is 10.2 Å². The number of nitrogens with two attached hydrogens (primary N) is 2. The Balaban J connectivity index is 2.58. The van der Waals surface area contributed by atoms with Crippen LogP contribution in [0, 0.1) is 11.2 Å². The lowest BCUT2D eigenvalue weighted by Gasteiger charge is -2.02. The molecule has 0 aliphatic rings. The lowest BCUT2D eigenvalue weighted by atomic mass is 10.2. The molecule has 1 rings (SSSR count). The van der Waals surface area contributed by atoms with Crippen LogP contribution in [0.2, 0.25) is 0 Å². The first-order valence-electron chi connectivity index (χ1n) is 4.24. The topological polar surface area (TPSA) is 88.2 Å². The summed E-state index contributed by atoms with van der Waals surface area (Å²) in [5.74, 6) is 0.0555. The van der Waals surface area contributed by atoms with Crippen molar-refractivity contribution in [1.82, 2.24) is 0 Å². The Morgan fingerprint density at radius 1 is 1.50 bits per heavy atom. The number of hydrogen-bond donors (Lipinski definition) is 3. The minimum Gasteiger partial charge on any atom is -0.370 e. The second-order valence-electron chi connectivity index (χ2n) is 2.88. The van der Waals surface area contributed by atoms with E-state index in [2.05, 4.69) is 20.9 Å². The van der Waals surface area contributed by atoms with Crippen molar-refractivity contribution in [3.63, 3.8) is 0 Å². The number of halogens is 2. The predicted molar refractivity (Wildman–Crippen MR) is 68.9 cm³/mol. The summed E-state index contributed by atoms with van der Waals surface area (Å²) in [6.45, 7) is 0. The molecule has 0 saturated heterocycles. The lowest BCUT2D eigenvalue weighted by Crippen LogP contribution is -2.23. The van der Waals surface area contributed by atoms with Crippen LogP contribution < -0.4 is 11.5 Å². The zero-order chi connectivity index (χ0) is 12.1. The summed E-state index contributed by atoms with van der Waals surface area (Å²) in [4.78, 5) is 3.57. The zero-order valence-electron chi connectivity index (χ0n) is 8.21. The summed E-state index contributed by atoms with van der Waals surface area (Å²) in [6.07, 6.45) is 0. The molecule has 7 heteroatoms. The monoisotopic (exact) mass is 304 g/mol. The molecule has 86 valence electrons. The van der Waals surface area contributed by atoms with Crippen LogP contribution in [0.15, 0.2) is 27.7 Å². The lowest BCUT2D eigenvalue weighted by molar-refractivity contribution is 0.620. The van der Waals surface area contributed by atoms with Crippen molar-refractivity contribution in [1.29, 1.82) is 5.41 Å². The van der Waals surface area contributed by atoms with Crippen molar-refractivity contribution in [2.45, 2.75) is 5.75 Å². The molecule has 0 aromatic heterocycles. The SMILES string of the molecule is N=C(N=C(N)N)SCc1ccc(F)c(Br)c1. The van der Waals surface area contributed by atoms with Crippen molar-refractivity contribution in [3.8, 4) is 0 Å². The number of benzene rings is 1. The molecule has 0 fully saturated rings. The van der Waals surface area contributed by atoms with Gasteiger partial charge in [0, 0.05) is 5.75 Å². The Labute approximate surface area is 105 Å². The Bertz CT molecular complexity index is 432. The van der Waals surface area contributed by atoms with Gasteiger partial charge in [-0.3, -0.25) is 5.41 Å². The average Bonchev–Trinajstić information content (AvgIpc) is 2.19. The highest BCUT2D eigenvalue weighted by Gasteiger charge is 2.02. The molecule has 0 amide bonds. The van der Waals surface area contributed by atoms with Gasteiger partial charge in [0.2, 0.25) is 0 Å². The van der Waals surface area contributed by atoms with Crippen LogP contribution in [-0.2, 0) is 5.75 Å². The van der Waals surface area contributed by atoms with Gasteiger partial charge in [0.1, 0.15) is 5.82 Å². The quantitative estimate of drug-likeness (QED) is 0.577. The molecular weight excluding hydrogens is 295 g/mol. The van der Waals surface area contributed by atoms with Gasteiger partial charge in [0.25, 0.3) is 0 Å². The van der Waals surface area contributed by atoms with Crippen LogP contribution in [0.1, 0.15) is 5.56 Å². The molecule has 0 heterocycles. The van der Waals surface area contributed by atoms with Crippen molar-refractivity contribution in [2.24, 2.45) is 16.5 Å². The molecule has 0 aliphatic carbocycles. The Morgan fingerprint density at radius 2 is 2.19 bits per heavy atom. The summed E-state index contributed by atoms with van der Waals surface area (Å²) in [6, 6.07) is 4.67. The maximum atomic E-state index is 12.9. The van der Waals surface area contributed by atoms with Crippen LogP contribution >= 0.6 is 27.7 Å². The number of nitrogens with one attached hydrogen (secondary N) is 1. The highest BCUT2D eigenvalue weighted by atomic mass is 79.9. The average molecular weight is 305 g/mol. The first kappa shape index (κ1) is 13.0. The fourth-order valence-corrected chi connectivity index (χ4v) is 2.01. The summed E-state index contributed by atoms with van der Waals surface area (Å²) in [5.41, 5.74) is 11.1. The Hall–Kier alpha value is -1.08. The van der Waals surface area contributed by atoms with E-state index in [1.807, 2.05) is 0 Å². The fraction of sp³-hybridized carbons (Fsp3) is 0.111. The van der Waals surface area contributed by atoms with Gasteiger partial charge in [-0.2, -0.15) is 4.99 Å². The third kappa shape index (κ3) is 4.19. The number of rotatable bonds is 2. The van der Waals surface area contributed by atoms with Crippen LogP contribution in [0.25, 0.3) is 0 Å². The van der Waals surface area contributed by atoms with E-state index < -0.39 is 0 Å². The Kier molecular flexibility index (Phi) is 4.75. The maximum Gasteiger partial charge on any atom is 0.193 e. The van der Waals surface area contributed by atoms with Crippen molar-refractivity contribution in [3.05, 3.63) is 34.1 Å². The zero-order valence-corrected chi connectivity index (χ0v) is 10.6. The molecule has 5 N–H and O–H groups in total. The second-order valence-corrected chi connectivity index (χ2v) is 4.70. The van der Waals surface area contributed by atoms with E-state index >= 15 is 0 Å². The number of hydrogen-bond acceptors (Lipinski definition) is 2. The predicted octanol–water partition coefficient (Wildman–Crippen LogP) is 2.03. The van der Waals surface area contributed by atoms with E-state index in [4.69, 9.17) is 16.9 Å². The molecule has 0 radical (unpaired) electrons. The number of nitrogens with zero attached hydrogens (tertiary/aromatic N) is 1. The largest absolute Gasteiger partial charge is 0.370 e. The molecule has 1 aromatic carbocycles. The van der Waals surface area contributed by atoms with E-state index in [1.165, 1.54) is 6.07 Å². The van der Waals surface area contributed by atoms with Crippen molar-refractivity contribution < 1.29 is 4.39 Å². The van der Waals surface area contributed by atoms with Crippen molar-refractivity contribution in [2.75, 3.05) is 0 Å². The van der Waals surface area contributed by atoms with E-state index in [0.717, 1.165) is 17.3 Å². The number of aliphatic imine (C=N–C) groups is 1. The third-order valence-electron chi connectivity index (χ3n) is 1.59. The highest BCUT2D eigenvalue weighted by molar-refractivity contribution is 9.10. The summed E-state index contributed by atoms with van der Waals surface area (Å²) < 4.78 is 13.3. The third-order valence-corrected chi connectivity index (χ3v) is 3.04. The van der Waals surface area contributed by atoms with E-state index in [9.17, 15) is 4.39 Å². The molecular formula is C9H10BrFN4S. The molecule has 0 atom stereocenters. The van der Waals surface area contributed by atoms with Gasteiger partial charge < -0.3 is 11.5 Å². The molecule has 0 saturated carbocycles. The smallest absolute Gasteiger partial charge is 0.193 e. The van der Waals surface area contributed by atoms with Gasteiger partial charge in [0.05, 0.1) is 4.47 Å². The van der Waals surface area contributed by atoms with Gasteiger partial charge in [-0.15, -0.1) is 0 Å². The molecule has 4 nitrogen and oxygen atoms in total. The second kappa shape index (κ2) is 5.86. The molecule has 0 aliphatic heterocycles. The summed E-state index contributed by atoms with van der Waals surface area (Å²) in [5, 5.41) is 7.42. The van der Waals surface area contributed by atoms with E-state index in [1.54, 1.807) is 12.1 Å². The van der Waals surface area contributed by atoms with E-state index in [-0.39, 0.29) is 16.9 Å². The maximum absolute atomic E-state index is 12.9. The standard InChI is InChI=1S/C9H10BrFN4S/c10-6-3-5(1-2-7(6)11)4-16-9(14)15-8(12)13/h1-3H,4H2,(H5,12,13,14,15). The molecule has 0 spiro atoms. The van der Waals surface area contributed by atoms with Gasteiger partial charge in [-0.1, -0.05) is 17.8 Å². The van der Waals surface area contributed by atoms with Crippen LogP contribution in [-0.4, -0.2) is 11.1 Å². The van der Waals surface area contributed by atoms with Crippen LogP contribution in [0.3, 0.4) is 0 Å². The van der Waals surface area contributed by atoms with Crippen LogP contribution in [0.4, 0.5) is 4.39 Å².